The van der Waals surface area contributed by atoms with Crippen LogP contribution >= 0.6 is 0 Å². The molecule has 5 rings (SSSR count). The summed E-state index contributed by atoms with van der Waals surface area (Å²) in [7, 11) is 1.31. The van der Waals surface area contributed by atoms with Crippen LogP contribution in [-0.4, -0.2) is 133 Å². The van der Waals surface area contributed by atoms with Gasteiger partial charge in [-0.25, -0.2) is 0 Å². The number of ether oxygens (including phenoxy) is 5. The Balaban J connectivity index is 1.48. The zero-order chi connectivity index (χ0) is 32.7. The van der Waals surface area contributed by atoms with E-state index in [0.717, 1.165) is 18.2 Å². The molecule has 0 saturated carbocycles. The lowest BCUT2D eigenvalue weighted by Gasteiger charge is -2.42. The second-order valence-corrected chi connectivity index (χ2v) is 10.5. The highest BCUT2D eigenvalue weighted by molar-refractivity contribution is 5.88. The molecule has 10 atom stereocenters. The van der Waals surface area contributed by atoms with Crippen molar-refractivity contribution in [1.29, 1.82) is 0 Å². The molecule has 0 radical (unpaired) electrons. The molecular formula is C28H32O17. The highest BCUT2D eigenvalue weighted by Gasteiger charge is 2.48. The van der Waals surface area contributed by atoms with E-state index in [1.54, 1.807) is 0 Å². The number of benzene rings is 2. The van der Waals surface area contributed by atoms with E-state index in [1.807, 2.05) is 0 Å². The maximum atomic E-state index is 13.7. The van der Waals surface area contributed by atoms with Crippen LogP contribution in [0.5, 0.6) is 28.7 Å². The van der Waals surface area contributed by atoms with Gasteiger partial charge < -0.3 is 79.2 Å². The third-order valence-corrected chi connectivity index (χ3v) is 7.56. The molecule has 1 aromatic heterocycles. The molecule has 3 aromatic rings. The van der Waals surface area contributed by atoms with Crippen LogP contribution in [0.3, 0.4) is 0 Å². The quantitative estimate of drug-likeness (QED) is 0.115. The summed E-state index contributed by atoms with van der Waals surface area (Å²) >= 11 is 0. The number of fused-ring (bicyclic) bond motifs is 1. The third kappa shape index (κ3) is 6.10. The van der Waals surface area contributed by atoms with Gasteiger partial charge in [-0.3, -0.25) is 4.79 Å². The SMILES string of the molecule is COc1cc(O)c2c(=O)c(O[C@@H]3O[C@H](CO[C@@H]4O[C@H](CO)[C@H](O)[C@H](O)[C@H]4O)[C@H](O)[C@H](O)[C@H]3O)c(-c3ccc(O)c(O)c3)oc2c1. The standard InChI is InChI=1S/C28H32O17/c1-40-10-5-13(32)17-14(6-10)42-25(9-2-3-11(30)12(31)4-9)26(20(17)35)45-28-24(39)22(37)19(34)16(44-28)8-41-27-23(38)21(36)18(33)15(7-29)43-27/h2-6,15-16,18-19,21-24,27-34,36-39H,7-8H2,1H3/t15-,16-,18+,19+,21+,22+,23-,24-,27-,28+/m1/s1. The highest BCUT2D eigenvalue weighted by Crippen LogP contribution is 2.39. The first kappa shape index (κ1) is 32.6. The number of phenolic OH excluding ortho intramolecular Hbond substituents is 3. The Morgan fingerprint density at radius 3 is 2.04 bits per heavy atom. The van der Waals surface area contributed by atoms with E-state index in [4.69, 9.17) is 28.1 Å². The third-order valence-electron chi connectivity index (χ3n) is 7.56. The largest absolute Gasteiger partial charge is 0.507 e. The number of aromatic hydroxyl groups is 3. The predicted molar refractivity (Wildman–Crippen MR) is 146 cm³/mol. The second kappa shape index (κ2) is 12.9. The van der Waals surface area contributed by atoms with E-state index in [0.29, 0.717) is 0 Å². The molecule has 2 fully saturated rings. The summed E-state index contributed by atoms with van der Waals surface area (Å²) in [5, 5.41) is 102. The van der Waals surface area contributed by atoms with Crippen molar-refractivity contribution in [2.45, 2.75) is 61.4 Å². The molecule has 0 bridgehead atoms. The molecule has 2 aliphatic rings. The molecule has 3 heterocycles. The van der Waals surface area contributed by atoms with Crippen LogP contribution in [0, 0.1) is 0 Å². The van der Waals surface area contributed by atoms with Gasteiger partial charge in [-0.2, -0.15) is 0 Å². The minimum absolute atomic E-state index is 0.00464. The van der Waals surface area contributed by atoms with Crippen molar-refractivity contribution in [2.75, 3.05) is 20.3 Å². The molecular weight excluding hydrogens is 608 g/mol. The van der Waals surface area contributed by atoms with Crippen molar-refractivity contribution < 1.29 is 79.2 Å². The highest BCUT2D eigenvalue weighted by atomic mass is 16.7. The van der Waals surface area contributed by atoms with E-state index in [9.17, 15) is 55.9 Å². The van der Waals surface area contributed by atoms with E-state index in [2.05, 4.69) is 0 Å². The maximum absolute atomic E-state index is 13.7. The fraction of sp³-hybridized carbons (Fsp3) is 0.464. The molecule has 0 unspecified atom stereocenters. The van der Waals surface area contributed by atoms with Crippen molar-refractivity contribution >= 4 is 11.0 Å². The van der Waals surface area contributed by atoms with Crippen molar-refractivity contribution in [1.82, 2.24) is 0 Å². The average Bonchev–Trinajstić information content (AvgIpc) is 3.02. The first-order valence-corrected chi connectivity index (χ1v) is 13.5. The smallest absolute Gasteiger partial charge is 0.239 e. The predicted octanol–water partition coefficient (Wildman–Crippen LogP) is -2.41. The fourth-order valence-electron chi connectivity index (χ4n) is 5.00. The summed E-state index contributed by atoms with van der Waals surface area (Å²) in [6.07, 6.45) is -17.3. The minimum atomic E-state index is -1.98. The number of aliphatic hydroxyl groups is 7. The monoisotopic (exact) mass is 640 g/mol. The summed E-state index contributed by atoms with van der Waals surface area (Å²) in [6, 6.07) is 5.83. The molecule has 45 heavy (non-hydrogen) atoms. The van der Waals surface area contributed by atoms with Gasteiger partial charge in [0.2, 0.25) is 17.5 Å². The van der Waals surface area contributed by atoms with E-state index in [-0.39, 0.29) is 28.0 Å². The fourth-order valence-corrected chi connectivity index (χ4v) is 5.00. The van der Waals surface area contributed by atoms with E-state index in [1.165, 1.54) is 19.2 Å². The molecule has 0 aliphatic carbocycles. The number of aliphatic hydroxyl groups excluding tert-OH is 7. The Morgan fingerprint density at radius 1 is 0.756 bits per heavy atom. The molecule has 2 aromatic carbocycles. The van der Waals surface area contributed by atoms with Crippen LogP contribution in [0.1, 0.15) is 0 Å². The summed E-state index contributed by atoms with van der Waals surface area (Å²) in [6.45, 7) is -1.40. The molecule has 2 aliphatic heterocycles. The maximum Gasteiger partial charge on any atom is 0.239 e. The number of methoxy groups -OCH3 is 1. The van der Waals surface area contributed by atoms with Crippen molar-refractivity contribution in [3.63, 3.8) is 0 Å². The van der Waals surface area contributed by atoms with Gasteiger partial charge in [-0.1, -0.05) is 0 Å². The Hall–Kier alpha value is -3.75. The molecule has 10 N–H and O–H groups in total. The average molecular weight is 641 g/mol. The topological polar surface area (TPSA) is 279 Å². The zero-order valence-corrected chi connectivity index (χ0v) is 23.4. The molecule has 0 spiro atoms. The van der Waals surface area contributed by atoms with Gasteiger partial charge in [0, 0.05) is 17.7 Å². The minimum Gasteiger partial charge on any atom is -0.507 e. The summed E-state index contributed by atoms with van der Waals surface area (Å²) in [5.74, 6) is -2.55. The van der Waals surface area contributed by atoms with Gasteiger partial charge in [-0.05, 0) is 18.2 Å². The Bertz CT molecular complexity index is 1570. The number of hydrogen-bond acceptors (Lipinski definition) is 17. The van der Waals surface area contributed by atoms with Crippen LogP contribution in [0.2, 0.25) is 0 Å². The normalized spacial score (nSPS) is 32.0. The van der Waals surface area contributed by atoms with Gasteiger partial charge in [-0.15, -0.1) is 0 Å². The van der Waals surface area contributed by atoms with Crippen molar-refractivity contribution in [3.8, 4) is 40.1 Å². The summed E-state index contributed by atoms with van der Waals surface area (Å²) in [4.78, 5) is 13.7. The van der Waals surface area contributed by atoms with Crippen LogP contribution in [0.25, 0.3) is 22.3 Å². The summed E-state index contributed by atoms with van der Waals surface area (Å²) < 4.78 is 33.0. The van der Waals surface area contributed by atoms with E-state index >= 15 is 0 Å². The lowest BCUT2D eigenvalue weighted by atomic mass is 9.98. The van der Waals surface area contributed by atoms with Crippen LogP contribution in [-0.2, 0) is 14.2 Å². The van der Waals surface area contributed by atoms with Gasteiger partial charge in [0.05, 0.1) is 20.3 Å². The first-order chi connectivity index (χ1) is 21.4. The van der Waals surface area contributed by atoms with Crippen LogP contribution in [0.15, 0.2) is 39.5 Å². The number of hydrogen-bond donors (Lipinski definition) is 10. The molecule has 0 amide bonds. The Kier molecular flexibility index (Phi) is 9.38. The zero-order valence-electron chi connectivity index (χ0n) is 23.4. The van der Waals surface area contributed by atoms with Crippen molar-refractivity contribution in [3.05, 3.63) is 40.6 Å². The van der Waals surface area contributed by atoms with Gasteiger partial charge >= 0.3 is 0 Å². The van der Waals surface area contributed by atoms with E-state index < -0.39 is 103 Å². The van der Waals surface area contributed by atoms with Gasteiger partial charge in [0.25, 0.3) is 0 Å². The summed E-state index contributed by atoms with van der Waals surface area (Å²) in [5.41, 5.74) is -1.15. The Labute approximate surface area is 252 Å². The van der Waals surface area contributed by atoms with Gasteiger partial charge in [0.1, 0.15) is 71.3 Å². The molecule has 17 nitrogen and oxygen atoms in total. The van der Waals surface area contributed by atoms with Crippen LogP contribution in [0.4, 0.5) is 0 Å². The Morgan fingerprint density at radius 2 is 1.40 bits per heavy atom. The molecule has 246 valence electrons. The molecule has 17 heteroatoms. The van der Waals surface area contributed by atoms with Gasteiger partial charge in [0.15, 0.2) is 23.5 Å². The molecule has 2 saturated heterocycles. The number of rotatable bonds is 8. The number of phenols is 3. The first-order valence-electron chi connectivity index (χ1n) is 13.5. The lowest BCUT2D eigenvalue weighted by molar-refractivity contribution is -0.323. The van der Waals surface area contributed by atoms with Crippen molar-refractivity contribution in [2.24, 2.45) is 0 Å². The lowest BCUT2D eigenvalue weighted by Crippen LogP contribution is -2.62. The van der Waals surface area contributed by atoms with Crippen LogP contribution < -0.4 is 14.9 Å². The second-order valence-electron chi connectivity index (χ2n) is 10.5.